The summed E-state index contributed by atoms with van der Waals surface area (Å²) in [6.45, 7) is 0. The molecule has 5 nitrogen and oxygen atoms in total. The van der Waals surface area contributed by atoms with Gasteiger partial charge < -0.3 is 9.72 Å². The Kier molecular flexibility index (Phi) is 2.72. The van der Waals surface area contributed by atoms with E-state index in [0.717, 1.165) is 5.56 Å². The normalized spacial score (nSPS) is 10.6. The van der Waals surface area contributed by atoms with Gasteiger partial charge in [0.05, 0.1) is 24.2 Å². The number of nitrogens with zero attached hydrogens (tertiary/aromatic N) is 2. The predicted octanol–water partition coefficient (Wildman–Crippen LogP) is 1.99. The van der Waals surface area contributed by atoms with Gasteiger partial charge in [0.1, 0.15) is 11.6 Å². The lowest BCUT2D eigenvalue weighted by atomic mass is 10.2. The molecule has 3 aromatic rings. The van der Waals surface area contributed by atoms with Crippen LogP contribution in [-0.2, 0) is 0 Å². The minimum absolute atomic E-state index is 0.176. The van der Waals surface area contributed by atoms with Crippen molar-refractivity contribution in [1.29, 1.82) is 0 Å². The van der Waals surface area contributed by atoms with Crippen molar-refractivity contribution >= 4 is 10.9 Å². The summed E-state index contributed by atoms with van der Waals surface area (Å²) in [5.41, 5.74) is 1.19. The molecule has 2 heterocycles. The lowest BCUT2D eigenvalue weighted by Crippen LogP contribution is -2.09. The Morgan fingerprint density at radius 1 is 1.26 bits per heavy atom. The molecule has 1 aromatic carbocycles. The van der Waals surface area contributed by atoms with E-state index in [1.807, 2.05) is 24.3 Å². The molecule has 94 valence electrons. The molecule has 0 saturated carbocycles. The Morgan fingerprint density at radius 3 is 3.00 bits per heavy atom. The summed E-state index contributed by atoms with van der Waals surface area (Å²) in [6.07, 6.45) is 3.15. The molecule has 0 unspecified atom stereocenters. The van der Waals surface area contributed by atoms with Gasteiger partial charge in [-0.25, -0.2) is 4.98 Å². The van der Waals surface area contributed by atoms with E-state index in [0.29, 0.717) is 22.5 Å². The number of benzene rings is 1. The molecule has 0 aliphatic rings. The van der Waals surface area contributed by atoms with Gasteiger partial charge in [0.25, 0.3) is 5.56 Å². The summed E-state index contributed by atoms with van der Waals surface area (Å²) in [7, 11) is 1.60. The number of ether oxygens (including phenoxy) is 1. The molecule has 0 atom stereocenters. The molecule has 0 amide bonds. The first-order valence-electron chi connectivity index (χ1n) is 5.76. The van der Waals surface area contributed by atoms with Crippen molar-refractivity contribution in [3.05, 3.63) is 53.1 Å². The van der Waals surface area contributed by atoms with Crippen molar-refractivity contribution in [2.45, 2.75) is 0 Å². The van der Waals surface area contributed by atoms with Crippen LogP contribution in [0.1, 0.15) is 0 Å². The Labute approximate surface area is 108 Å². The summed E-state index contributed by atoms with van der Waals surface area (Å²) in [5, 5.41) is 0.529. The fourth-order valence-electron chi connectivity index (χ4n) is 1.90. The van der Waals surface area contributed by atoms with E-state index in [-0.39, 0.29) is 5.56 Å². The fraction of sp³-hybridized carbons (Fsp3) is 0.0714. The highest BCUT2D eigenvalue weighted by Gasteiger charge is 2.06. The van der Waals surface area contributed by atoms with E-state index in [2.05, 4.69) is 15.0 Å². The molecule has 5 heteroatoms. The van der Waals surface area contributed by atoms with Crippen molar-refractivity contribution < 1.29 is 4.74 Å². The molecule has 0 aliphatic carbocycles. The van der Waals surface area contributed by atoms with E-state index in [1.54, 1.807) is 25.6 Å². The minimum atomic E-state index is -0.176. The molecule has 0 bridgehead atoms. The van der Waals surface area contributed by atoms with Gasteiger partial charge in [-0.1, -0.05) is 12.1 Å². The van der Waals surface area contributed by atoms with Gasteiger partial charge in [-0.05, 0) is 18.2 Å². The molecule has 3 rings (SSSR count). The third-order valence-electron chi connectivity index (χ3n) is 2.85. The monoisotopic (exact) mass is 253 g/mol. The van der Waals surface area contributed by atoms with Crippen LogP contribution in [0.15, 0.2) is 47.5 Å². The first-order valence-corrected chi connectivity index (χ1v) is 5.76. The standard InChI is InChI=1S/C14H11N3O2/c1-19-10-4-2-3-9(7-10)13-16-12-8-15-6-5-11(12)14(18)17-13/h2-8H,1H3,(H,16,17,18). The van der Waals surface area contributed by atoms with Gasteiger partial charge in [0.15, 0.2) is 0 Å². The number of methoxy groups -OCH3 is 1. The maximum absolute atomic E-state index is 12.0. The number of H-pyrrole nitrogens is 1. The van der Waals surface area contributed by atoms with E-state index in [4.69, 9.17) is 4.74 Å². The maximum atomic E-state index is 12.0. The molecular formula is C14H11N3O2. The van der Waals surface area contributed by atoms with Crippen molar-refractivity contribution in [2.24, 2.45) is 0 Å². The molecule has 0 radical (unpaired) electrons. The molecule has 2 aromatic heterocycles. The molecular weight excluding hydrogens is 242 g/mol. The fourth-order valence-corrected chi connectivity index (χ4v) is 1.90. The first kappa shape index (κ1) is 11.4. The van der Waals surface area contributed by atoms with Gasteiger partial charge in [0.2, 0.25) is 0 Å². The van der Waals surface area contributed by atoms with Crippen molar-refractivity contribution in [1.82, 2.24) is 15.0 Å². The number of hydrogen-bond acceptors (Lipinski definition) is 4. The van der Waals surface area contributed by atoms with Crippen LogP contribution in [0.3, 0.4) is 0 Å². The molecule has 0 spiro atoms. The van der Waals surface area contributed by atoms with Crippen LogP contribution in [0, 0.1) is 0 Å². The molecule has 0 fully saturated rings. The zero-order chi connectivity index (χ0) is 13.2. The average molecular weight is 253 g/mol. The summed E-state index contributed by atoms with van der Waals surface area (Å²) in [4.78, 5) is 23.1. The lowest BCUT2D eigenvalue weighted by molar-refractivity contribution is 0.415. The van der Waals surface area contributed by atoms with Crippen LogP contribution in [0.25, 0.3) is 22.3 Å². The first-order chi connectivity index (χ1) is 9.28. The second kappa shape index (κ2) is 4.53. The lowest BCUT2D eigenvalue weighted by Gasteiger charge is -2.05. The SMILES string of the molecule is COc1cccc(-c2nc3cnccc3c(=O)[nH]2)c1. The molecule has 1 N–H and O–H groups in total. The largest absolute Gasteiger partial charge is 0.497 e. The zero-order valence-electron chi connectivity index (χ0n) is 10.3. The van der Waals surface area contributed by atoms with Crippen LogP contribution in [-0.4, -0.2) is 22.1 Å². The van der Waals surface area contributed by atoms with E-state index in [1.165, 1.54) is 0 Å². The van der Waals surface area contributed by atoms with Gasteiger partial charge in [0, 0.05) is 11.8 Å². The smallest absolute Gasteiger partial charge is 0.259 e. The predicted molar refractivity (Wildman–Crippen MR) is 72.1 cm³/mol. The topological polar surface area (TPSA) is 67.9 Å². The number of fused-ring (bicyclic) bond motifs is 1. The van der Waals surface area contributed by atoms with Crippen LogP contribution in [0.4, 0.5) is 0 Å². The van der Waals surface area contributed by atoms with Crippen molar-refractivity contribution in [3.8, 4) is 17.1 Å². The molecule has 0 saturated heterocycles. The number of hydrogen-bond donors (Lipinski definition) is 1. The maximum Gasteiger partial charge on any atom is 0.259 e. The van der Waals surface area contributed by atoms with Crippen LogP contribution < -0.4 is 10.3 Å². The van der Waals surface area contributed by atoms with Crippen molar-refractivity contribution in [3.63, 3.8) is 0 Å². The minimum Gasteiger partial charge on any atom is -0.497 e. The third-order valence-corrected chi connectivity index (χ3v) is 2.85. The second-order valence-corrected chi connectivity index (χ2v) is 4.04. The van der Waals surface area contributed by atoms with E-state index in [9.17, 15) is 4.79 Å². The summed E-state index contributed by atoms with van der Waals surface area (Å²) in [6, 6.07) is 9.02. The third kappa shape index (κ3) is 2.06. The van der Waals surface area contributed by atoms with Gasteiger partial charge >= 0.3 is 0 Å². The van der Waals surface area contributed by atoms with Crippen LogP contribution in [0.5, 0.6) is 5.75 Å². The zero-order valence-corrected chi connectivity index (χ0v) is 10.3. The second-order valence-electron chi connectivity index (χ2n) is 4.04. The number of aromatic amines is 1. The number of pyridine rings is 1. The van der Waals surface area contributed by atoms with Crippen LogP contribution >= 0.6 is 0 Å². The Bertz CT molecular complexity index is 796. The quantitative estimate of drug-likeness (QED) is 0.758. The van der Waals surface area contributed by atoms with Gasteiger partial charge in [-0.2, -0.15) is 0 Å². The van der Waals surface area contributed by atoms with E-state index < -0.39 is 0 Å². The van der Waals surface area contributed by atoms with Gasteiger partial charge in [-0.15, -0.1) is 0 Å². The number of rotatable bonds is 2. The summed E-state index contributed by atoms with van der Waals surface area (Å²) in [5.74, 6) is 1.22. The average Bonchev–Trinajstić information content (AvgIpc) is 2.47. The Hall–Kier alpha value is -2.69. The summed E-state index contributed by atoms with van der Waals surface area (Å²) < 4.78 is 5.16. The molecule has 19 heavy (non-hydrogen) atoms. The summed E-state index contributed by atoms with van der Waals surface area (Å²) >= 11 is 0. The number of aromatic nitrogens is 3. The van der Waals surface area contributed by atoms with Crippen LogP contribution in [0.2, 0.25) is 0 Å². The van der Waals surface area contributed by atoms with Crippen molar-refractivity contribution in [2.75, 3.05) is 7.11 Å². The highest BCUT2D eigenvalue weighted by Crippen LogP contribution is 2.20. The highest BCUT2D eigenvalue weighted by molar-refractivity contribution is 5.78. The molecule has 0 aliphatic heterocycles. The highest BCUT2D eigenvalue weighted by atomic mass is 16.5. The Morgan fingerprint density at radius 2 is 2.16 bits per heavy atom. The van der Waals surface area contributed by atoms with E-state index >= 15 is 0 Å². The number of nitrogens with one attached hydrogen (secondary N) is 1. The Balaban J connectivity index is 2.22. The van der Waals surface area contributed by atoms with Gasteiger partial charge in [-0.3, -0.25) is 9.78 Å².